The van der Waals surface area contributed by atoms with Crippen molar-refractivity contribution in [2.24, 2.45) is 5.10 Å². The third kappa shape index (κ3) is 3.50. The highest BCUT2D eigenvalue weighted by Gasteiger charge is 2.35. The first-order valence-electron chi connectivity index (χ1n) is 6.29. The second-order valence-electron chi connectivity index (χ2n) is 4.71. The van der Waals surface area contributed by atoms with Gasteiger partial charge in [0.05, 0.1) is 13.0 Å². The zero-order valence-corrected chi connectivity index (χ0v) is 12.2. The molecule has 5 heteroatoms. The molecule has 0 amide bonds. The van der Waals surface area contributed by atoms with Crippen molar-refractivity contribution in [1.29, 1.82) is 0 Å². The number of thioether (sulfide) groups is 1. The number of nitrogens with one attached hydrogen (secondary N) is 1. The summed E-state index contributed by atoms with van der Waals surface area (Å²) < 4.78 is 4.98. The number of esters is 1. The van der Waals surface area contributed by atoms with Crippen molar-refractivity contribution < 1.29 is 9.53 Å². The Morgan fingerprint density at radius 1 is 1.42 bits per heavy atom. The summed E-state index contributed by atoms with van der Waals surface area (Å²) >= 11 is 1.56. The molecule has 0 aromatic heterocycles. The number of rotatable bonds is 4. The first kappa shape index (κ1) is 13.9. The molecular weight excluding hydrogens is 260 g/mol. The number of carbonyl (C=O) groups is 1. The van der Waals surface area contributed by atoms with Crippen molar-refractivity contribution in [3.05, 3.63) is 35.4 Å². The van der Waals surface area contributed by atoms with E-state index in [1.807, 2.05) is 26.0 Å². The molecule has 1 atom stereocenters. The van der Waals surface area contributed by atoms with E-state index in [0.717, 1.165) is 10.6 Å². The molecule has 0 spiro atoms. The number of benzene rings is 1. The fourth-order valence-electron chi connectivity index (χ4n) is 1.81. The molecule has 0 saturated heterocycles. The first-order chi connectivity index (χ1) is 9.02. The second kappa shape index (κ2) is 5.65. The lowest BCUT2D eigenvalue weighted by Crippen LogP contribution is -2.35. The lowest BCUT2D eigenvalue weighted by molar-refractivity contribution is -0.143. The van der Waals surface area contributed by atoms with E-state index >= 15 is 0 Å². The van der Waals surface area contributed by atoms with E-state index < -0.39 is 4.87 Å². The zero-order chi connectivity index (χ0) is 13.9. The van der Waals surface area contributed by atoms with Gasteiger partial charge in [-0.25, -0.2) is 0 Å². The van der Waals surface area contributed by atoms with Crippen LogP contribution in [0.4, 0.5) is 0 Å². The molecular formula is C14H18N2O2S. The van der Waals surface area contributed by atoms with Crippen molar-refractivity contribution in [2.45, 2.75) is 32.1 Å². The van der Waals surface area contributed by atoms with Crippen molar-refractivity contribution in [3.63, 3.8) is 0 Å². The van der Waals surface area contributed by atoms with Crippen LogP contribution in [0.2, 0.25) is 0 Å². The first-order valence-corrected chi connectivity index (χ1v) is 7.10. The van der Waals surface area contributed by atoms with Gasteiger partial charge in [0, 0.05) is 5.56 Å². The average molecular weight is 278 g/mol. The lowest BCUT2D eigenvalue weighted by Gasteiger charge is -2.21. The summed E-state index contributed by atoms with van der Waals surface area (Å²) in [7, 11) is 0. The molecule has 0 fully saturated rings. The van der Waals surface area contributed by atoms with Gasteiger partial charge in [0.2, 0.25) is 0 Å². The van der Waals surface area contributed by atoms with Crippen LogP contribution in [0.15, 0.2) is 29.4 Å². The third-order valence-corrected chi connectivity index (χ3v) is 4.01. The standard InChI is InChI=1S/C14H18N2O2S/c1-4-18-12(17)9-14(3)16-15-13(19-14)11-7-5-10(2)6-8-11/h5-8,16H,4,9H2,1-3H3/t14-/m1/s1. The largest absolute Gasteiger partial charge is 0.466 e. The summed E-state index contributed by atoms with van der Waals surface area (Å²) in [5.41, 5.74) is 5.32. The van der Waals surface area contributed by atoms with Crippen LogP contribution in [0.3, 0.4) is 0 Å². The topological polar surface area (TPSA) is 50.7 Å². The Morgan fingerprint density at radius 2 is 2.11 bits per heavy atom. The maximum Gasteiger partial charge on any atom is 0.309 e. The van der Waals surface area contributed by atoms with Crippen LogP contribution in [0.1, 0.15) is 31.4 Å². The highest BCUT2D eigenvalue weighted by molar-refractivity contribution is 8.15. The van der Waals surface area contributed by atoms with Gasteiger partial charge in [0.25, 0.3) is 0 Å². The Balaban J connectivity index is 2.01. The Kier molecular flexibility index (Phi) is 4.14. The van der Waals surface area contributed by atoms with Crippen LogP contribution in [-0.2, 0) is 9.53 Å². The number of aryl methyl sites for hydroxylation is 1. The fraction of sp³-hybridized carbons (Fsp3) is 0.429. The van der Waals surface area contributed by atoms with Crippen LogP contribution in [0.5, 0.6) is 0 Å². The van der Waals surface area contributed by atoms with Crippen molar-refractivity contribution in [1.82, 2.24) is 5.43 Å². The van der Waals surface area contributed by atoms with E-state index in [1.54, 1.807) is 11.8 Å². The van der Waals surface area contributed by atoms with Gasteiger partial charge in [-0.05, 0) is 20.8 Å². The number of ether oxygens (including phenoxy) is 1. The molecule has 1 aromatic carbocycles. The van der Waals surface area contributed by atoms with Crippen LogP contribution in [0.25, 0.3) is 0 Å². The maximum absolute atomic E-state index is 11.6. The molecule has 0 bridgehead atoms. The monoisotopic (exact) mass is 278 g/mol. The SMILES string of the molecule is CCOC(=O)C[C@]1(C)NN=C(c2ccc(C)cc2)S1. The van der Waals surface area contributed by atoms with Crippen LogP contribution >= 0.6 is 11.8 Å². The van der Waals surface area contributed by atoms with Gasteiger partial charge in [-0.15, -0.1) is 0 Å². The van der Waals surface area contributed by atoms with Crippen LogP contribution < -0.4 is 5.43 Å². The highest BCUT2D eigenvalue weighted by atomic mass is 32.2. The zero-order valence-electron chi connectivity index (χ0n) is 11.4. The molecule has 1 heterocycles. The van der Waals surface area contributed by atoms with Crippen molar-refractivity contribution in [3.8, 4) is 0 Å². The molecule has 102 valence electrons. The van der Waals surface area contributed by atoms with E-state index in [9.17, 15) is 4.79 Å². The van der Waals surface area contributed by atoms with E-state index in [2.05, 4.69) is 29.6 Å². The Hall–Kier alpha value is -1.49. The van der Waals surface area contributed by atoms with Crippen molar-refractivity contribution in [2.75, 3.05) is 6.61 Å². The Bertz CT molecular complexity index is 499. The highest BCUT2D eigenvalue weighted by Crippen LogP contribution is 2.34. The molecule has 1 aliphatic heterocycles. The van der Waals surface area contributed by atoms with Gasteiger partial charge in [0.1, 0.15) is 9.91 Å². The molecule has 0 radical (unpaired) electrons. The van der Waals surface area contributed by atoms with Crippen LogP contribution in [0, 0.1) is 6.92 Å². The van der Waals surface area contributed by atoms with E-state index in [0.29, 0.717) is 13.0 Å². The molecule has 1 aromatic rings. The predicted octanol–water partition coefficient (Wildman–Crippen LogP) is 2.66. The van der Waals surface area contributed by atoms with Crippen molar-refractivity contribution >= 4 is 22.8 Å². The summed E-state index contributed by atoms with van der Waals surface area (Å²) in [5, 5.41) is 5.23. The number of hydrogen-bond donors (Lipinski definition) is 1. The molecule has 0 aliphatic carbocycles. The summed E-state index contributed by atoms with van der Waals surface area (Å²) in [6.45, 7) is 6.23. The average Bonchev–Trinajstić information content (AvgIpc) is 2.72. The smallest absolute Gasteiger partial charge is 0.309 e. The van der Waals surface area contributed by atoms with Gasteiger partial charge in [-0.1, -0.05) is 41.6 Å². The Labute approximate surface area is 117 Å². The molecule has 4 nitrogen and oxygen atoms in total. The molecule has 1 N–H and O–H groups in total. The van der Waals surface area contributed by atoms with Crippen LogP contribution in [-0.4, -0.2) is 22.5 Å². The molecule has 19 heavy (non-hydrogen) atoms. The lowest BCUT2D eigenvalue weighted by atomic mass is 10.2. The molecule has 0 unspecified atom stereocenters. The maximum atomic E-state index is 11.6. The summed E-state index contributed by atoms with van der Waals surface area (Å²) in [5.74, 6) is -0.203. The normalized spacial score (nSPS) is 21.7. The number of hydrogen-bond acceptors (Lipinski definition) is 5. The van der Waals surface area contributed by atoms with Gasteiger partial charge in [0.15, 0.2) is 0 Å². The summed E-state index contributed by atoms with van der Waals surface area (Å²) in [4.78, 5) is 11.1. The quantitative estimate of drug-likeness (QED) is 0.860. The number of carbonyl (C=O) groups excluding carboxylic acids is 1. The Morgan fingerprint density at radius 3 is 2.74 bits per heavy atom. The van der Waals surface area contributed by atoms with Gasteiger partial charge in [-0.2, -0.15) is 5.10 Å². The molecule has 0 saturated carbocycles. The minimum Gasteiger partial charge on any atom is -0.466 e. The van der Waals surface area contributed by atoms with E-state index in [1.165, 1.54) is 5.56 Å². The van der Waals surface area contributed by atoms with Gasteiger partial charge < -0.3 is 4.74 Å². The summed E-state index contributed by atoms with van der Waals surface area (Å²) in [6, 6.07) is 8.19. The molecule has 1 aliphatic rings. The van der Waals surface area contributed by atoms with Gasteiger partial charge >= 0.3 is 5.97 Å². The summed E-state index contributed by atoms with van der Waals surface area (Å²) in [6.07, 6.45) is 0.296. The van der Waals surface area contributed by atoms with E-state index in [-0.39, 0.29) is 5.97 Å². The predicted molar refractivity (Wildman–Crippen MR) is 78.1 cm³/mol. The minimum atomic E-state index is -0.424. The molecule has 2 rings (SSSR count). The fourth-order valence-corrected chi connectivity index (χ4v) is 2.86. The third-order valence-electron chi connectivity index (χ3n) is 2.80. The number of nitrogens with zero attached hydrogens (tertiary/aromatic N) is 1. The second-order valence-corrected chi connectivity index (χ2v) is 6.20. The minimum absolute atomic E-state index is 0.203. The van der Waals surface area contributed by atoms with Gasteiger partial charge in [-0.3, -0.25) is 10.2 Å². The van der Waals surface area contributed by atoms with E-state index in [4.69, 9.17) is 4.74 Å². The number of hydrazone groups is 1.